The standard InChI is InChI=1S/C28H32NO6P/c1-12(2)28(33)10-17-13(3)21-23(25(31)15-7-5-6-8-16(15)27(21)36)26(32)22(17)19(11-28)35-20-9-18(29)24(30)14(4)34-20/h5-8,14,18-20,24,30,32-33,36H,1,9-11,29H2,2-4H3/t14-,18-,19-,20-,24+,28-/m0/s1. The number of carbonyl (C=O) groups is 1. The van der Waals surface area contributed by atoms with Crippen LogP contribution in [-0.2, 0) is 15.9 Å². The van der Waals surface area contributed by atoms with Gasteiger partial charge in [-0.05, 0) is 43.0 Å². The van der Waals surface area contributed by atoms with E-state index in [0.717, 1.165) is 11.1 Å². The molecule has 5 rings (SSSR count). The normalized spacial score (nSPS) is 31.4. The molecule has 1 heterocycles. The van der Waals surface area contributed by atoms with Gasteiger partial charge >= 0.3 is 0 Å². The zero-order valence-corrected chi connectivity index (χ0v) is 21.7. The lowest BCUT2D eigenvalue weighted by atomic mass is 9.70. The van der Waals surface area contributed by atoms with E-state index < -0.39 is 36.2 Å². The van der Waals surface area contributed by atoms with Crippen LogP contribution in [0.15, 0.2) is 36.4 Å². The zero-order valence-electron chi connectivity index (χ0n) is 20.7. The van der Waals surface area contributed by atoms with Crippen molar-refractivity contribution < 1.29 is 29.6 Å². The highest BCUT2D eigenvalue weighted by Crippen LogP contribution is 2.50. The van der Waals surface area contributed by atoms with E-state index in [2.05, 4.69) is 15.4 Å². The van der Waals surface area contributed by atoms with Crippen LogP contribution in [0.1, 0.15) is 76.5 Å². The Labute approximate surface area is 212 Å². The van der Waals surface area contributed by atoms with Crippen LogP contribution in [-0.4, -0.2) is 56.5 Å². The molecular formula is C28H32NO6P. The molecule has 2 aromatic rings. The molecule has 0 radical (unpaired) electrons. The number of nitrogens with two attached hydrogens (primary N) is 1. The molecule has 8 heteroatoms. The lowest BCUT2D eigenvalue weighted by Gasteiger charge is -2.43. The van der Waals surface area contributed by atoms with Crippen LogP contribution >= 0.6 is 8.86 Å². The molecule has 1 fully saturated rings. The molecule has 0 unspecified atom stereocenters. The largest absolute Gasteiger partial charge is 0.507 e. The first kappa shape index (κ1) is 25.3. The van der Waals surface area contributed by atoms with Gasteiger partial charge in [0.05, 0.1) is 29.5 Å². The van der Waals surface area contributed by atoms with Crippen LogP contribution < -0.4 is 5.73 Å². The summed E-state index contributed by atoms with van der Waals surface area (Å²) < 4.78 is 12.2. The van der Waals surface area contributed by atoms with Crippen molar-refractivity contribution in [3.8, 4) is 5.75 Å². The van der Waals surface area contributed by atoms with Crippen molar-refractivity contribution in [2.45, 2.75) is 76.3 Å². The minimum atomic E-state index is -1.28. The zero-order chi connectivity index (χ0) is 26.1. The summed E-state index contributed by atoms with van der Waals surface area (Å²) in [5.41, 5.74) is 9.45. The molecule has 1 aliphatic heterocycles. The number of fused-ring (bicyclic) bond motifs is 3. The van der Waals surface area contributed by atoms with Gasteiger partial charge in [0, 0.05) is 47.3 Å². The monoisotopic (exact) mass is 509 g/mol. The third kappa shape index (κ3) is 3.77. The van der Waals surface area contributed by atoms with Crippen molar-refractivity contribution in [1.82, 2.24) is 0 Å². The van der Waals surface area contributed by atoms with Crippen molar-refractivity contribution in [1.29, 1.82) is 0 Å². The first-order valence-electron chi connectivity index (χ1n) is 12.2. The smallest absolute Gasteiger partial charge is 0.198 e. The lowest BCUT2D eigenvalue weighted by molar-refractivity contribution is -0.246. The maximum atomic E-state index is 13.6. The van der Waals surface area contributed by atoms with Gasteiger partial charge in [-0.2, -0.15) is 0 Å². The molecule has 36 heavy (non-hydrogen) atoms. The molecule has 0 saturated carbocycles. The second-order valence-electron chi connectivity index (χ2n) is 10.3. The molecule has 7 nitrogen and oxygen atoms in total. The van der Waals surface area contributed by atoms with Crippen LogP contribution in [0.2, 0.25) is 0 Å². The number of rotatable bonds is 3. The van der Waals surface area contributed by atoms with Crippen molar-refractivity contribution in [3.63, 3.8) is 0 Å². The number of ether oxygens (including phenoxy) is 2. The van der Waals surface area contributed by atoms with Gasteiger partial charge in [-0.1, -0.05) is 30.8 Å². The number of hydrogen-bond donors (Lipinski definition) is 4. The van der Waals surface area contributed by atoms with Gasteiger partial charge in [0.2, 0.25) is 0 Å². The van der Waals surface area contributed by atoms with Gasteiger partial charge in [0.1, 0.15) is 5.75 Å². The van der Waals surface area contributed by atoms with Crippen LogP contribution in [0.4, 0.5) is 0 Å². The highest BCUT2D eigenvalue weighted by Gasteiger charge is 2.46. The summed E-state index contributed by atoms with van der Waals surface area (Å²) in [6.07, 6.45) is -2.30. The number of ketones is 1. The quantitative estimate of drug-likeness (QED) is 0.316. The number of benzene rings is 2. The molecule has 0 spiro atoms. The van der Waals surface area contributed by atoms with Crippen LogP contribution in [0, 0.1) is 6.92 Å². The Morgan fingerprint density at radius 3 is 2.58 bits per heavy atom. The average Bonchev–Trinajstić information content (AvgIpc) is 2.82. The molecule has 5 N–H and O–H groups in total. The molecule has 2 aliphatic carbocycles. The first-order valence-corrected chi connectivity index (χ1v) is 12.7. The SMILES string of the molecule is C=C(C)[C@]1(O)Cc2c(C)c3c(c(O)c2[C@@H](O[C@H]2C[C@H](N)[C@H](O)[C@H](C)O2)C1)C(=O)c1ccccc1C3=P. The summed E-state index contributed by atoms with van der Waals surface area (Å²) in [5.74, 6) is -0.416. The maximum absolute atomic E-state index is 13.6. The molecule has 1 saturated heterocycles. The second kappa shape index (κ2) is 8.88. The van der Waals surface area contributed by atoms with E-state index in [4.69, 9.17) is 15.2 Å². The fourth-order valence-electron chi connectivity index (χ4n) is 5.78. The predicted octanol–water partition coefficient (Wildman–Crippen LogP) is 3.09. The minimum Gasteiger partial charge on any atom is -0.507 e. The molecule has 0 aromatic heterocycles. The van der Waals surface area contributed by atoms with E-state index in [1.807, 2.05) is 19.1 Å². The number of hydrogen-bond acceptors (Lipinski definition) is 7. The molecule has 2 aromatic carbocycles. The number of phenolic OH excluding ortho intramolecular Hbond substituents is 1. The molecule has 6 atom stereocenters. The molecule has 0 amide bonds. The molecule has 190 valence electrons. The topological polar surface area (TPSA) is 122 Å². The lowest BCUT2D eigenvalue weighted by Crippen LogP contribution is -2.52. The van der Waals surface area contributed by atoms with E-state index >= 15 is 0 Å². The molecule has 0 bridgehead atoms. The van der Waals surface area contributed by atoms with Gasteiger partial charge in [-0.25, -0.2) is 0 Å². The fourth-order valence-corrected chi connectivity index (χ4v) is 6.31. The highest BCUT2D eigenvalue weighted by molar-refractivity contribution is 7.23. The van der Waals surface area contributed by atoms with E-state index in [0.29, 0.717) is 33.1 Å². The predicted molar refractivity (Wildman–Crippen MR) is 139 cm³/mol. The Morgan fingerprint density at radius 1 is 1.28 bits per heavy atom. The number of phenols is 1. The third-order valence-electron chi connectivity index (χ3n) is 7.99. The summed E-state index contributed by atoms with van der Waals surface area (Å²) >= 11 is 0. The van der Waals surface area contributed by atoms with Crippen molar-refractivity contribution in [2.75, 3.05) is 0 Å². The Balaban J connectivity index is 1.66. The molecule has 3 aliphatic rings. The van der Waals surface area contributed by atoms with E-state index in [-0.39, 0.29) is 36.4 Å². The summed E-state index contributed by atoms with van der Waals surface area (Å²) in [6.45, 7) is 9.40. The Hall–Kier alpha value is -2.38. The van der Waals surface area contributed by atoms with Crippen molar-refractivity contribution >= 4 is 19.9 Å². The maximum Gasteiger partial charge on any atom is 0.198 e. The fraction of sp³-hybridized carbons (Fsp3) is 0.429. The van der Waals surface area contributed by atoms with Crippen LogP contribution in [0.3, 0.4) is 0 Å². The minimum absolute atomic E-state index is 0.127. The van der Waals surface area contributed by atoms with Crippen LogP contribution in [0.25, 0.3) is 0 Å². The van der Waals surface area contributed by atoms with Crippen molar-refractivity contribution in [3.05, 3.63) is 75.4 Å². The summed E-state index contributed by atoms with van der Waals surface area (Å²) in [4.78, 5) is 13.6. The second-order valence-corrected chi connectivity index (χ2v) is 10.8. The van der Waals surface area contributed by atoms with E-state index in [1.54, 1.807) is 26.0 Å². The van der Waals surface area contributed by atoms with Gasteiger partial charge in [0.15, 0.2) is 12.1 Å². The van der Waals surface area contributed by atoms with Gasteiger partial charge in [-0.3, -0.25) is 4.79 Å². The summed E-state index contributed by atoms with van der Waals surface area (Å²) in [7, 11) is 3.75. The molecular weight excluding hydrogens is 477 g/mol. The van der Waals surface area contributed by atoms with E-state index in [1.165, 1.54) is 0 Å². The highest BCUT2D eigenvalue weighted by atomic mass is 31.0. The van der Waals surface area contributed by atoms with Gasteiger partial charge < -0.3 is 30.5 Å². The Bertz CT molecular complexity index is 1290. The average molecular weight is 510 g/mol. The number of aliphatic hydroxyl groups excluding tert-OH is 1. The number of aliphatic hydroxyl groups is 2. The van der Waals surface area contributed by atoms with Gasteiger partial charge in [0.25, 0.3) is 0 Å². The Kier molecular flexibility index (Phi) is 6.23. The first-order chi connectivity index (χ1) is 16.9. The van der Waals surface area contributed by atoms with Gasteiger partial charge in [-0.15, -0.1) is 8.86 Å². The number of aromatic hydroxyl groups is 1. The third-order valence-corrected chi connectivity index (χ3v) is 8.51. The number of carbonyl (C=O) groups excluding carboxylic acids is 1. The van der Waals surface area contributed by atoms with Crippen LogP contribution in [0.5, 0.6) is 5.75 Å². The summed E-state index contributed by atoms with van der Waals surface area (Å²) in [6, 6.07) is 6.73. The van der Waals surface area contributed by atoms with E-state index in [9.17, 15) is 20.1 Å². The Morgan fingerprint density at radius 2 is 1.94 bits per heavy atom. The summed E-state index contributed by atoms with van der Waals surface area (Å²) in [5, 5.41) is 34.1. The van der Waals surface area contributed by atoms with Crippen molar-refractivity contribution in [2.24, 2.45) is 5.73 Å².